The van der Waals surface area contributed by atoms with Gasteiger partial charge in [0.15, 0.2) is 0 Å². The van der Waals surface area contributed by atoms with Crippen LogP contribution in [0.5, 0.6) is 0 Å². The van der Waals surface area contributed by atoms with Gasteiger partial charge in [-0.1, -0.05) is 25.1 Å². The van der Waals surface area contributed by atoms with Crippen LogP contribution < -0.4 is 5.73 Å². The number of carbonyl (C=O) groups is 1. The lowest BCUT2D eigenvalue weighted by Gasteiger charge is -2.23. The Morgan fingerprint density at radius 1 is 1.33 bits per heavy atom. The van der Waals surface area contributed by atoms with Gasteiger partial charge in [0.1, 0.15) is 0 Å². The van der Waals surface area contributed by atoms with E-state index in [-0.39, 0.29) is 18.3 Å². The number of nitrogens with zero attached hydrogens (tertiary/aromatic N) is 1. The molecular weight excluding hydrogens is 286 g/mol. The number of rotatable bonds is 6. The minimum absolute atomic E-state index is 0. The number of amides is 1. The second-order valence-corrected chi connectivity index (χ2v) is 5.09. The number of fused-ring (bicyclic) bond motifs is 1. The van der Waals surface area contributed by atoms with Crippen LogP contribution in [0, 0.1) is 0 Å². The number of nitrogens with two attached hydrogens (primary N) is 1. The van der Waals surface area contributed by atoms with Crippen molar-refractivity contribution in [3.8, 4) is 0 Å². The minimum Gasteiger partial charge on any atom is -0.361 e. The van der Waals surface area contributed by atoms with Crippen molar-refractivity contribution in [2.24, 2.45) is 5.73 Å². The van der Waals surface area contributed by atoms with Crippen LogP contribution in [-0.2, 0) is 11.2 Å². The van der Waals surface area contributed by atoms with Gasteiger partial charge in [-0.3, -0.25) is 4.79 Å². The molecule has 2 aromatic rings. The molecule has 0 saturated heterocycles. The third kappa shape index (κ3) is 3.99. The second-order valence-electron chi connectivity index (χ2n) is 5.09. The molecule has 1 aromatic heterocycles. The van der Waals surface area contributed by atoms with E-state index in [1.54, 1.807) is 0 Å². The summed E-state index contributed by atoms with van der Waals surface area (Å²) in [6, 6.07) is 7.61. The molecule has 0 unspecified atom stereocenters. The fraction of sp³-hybridized carbons (Fsp3) is 0.438. The predicted octanol–water partition coefficient (Wildman–Crippen LogP) is 2.72. The number of para-hydroxylation sites is 1. The van der Waals surface area contributed by atoms with Crippen molar-refractivity contribution in [2.75, 3.05) is 13.1 Å². The maximum absolute atomic E-state index is 12.3. The summed E-state index contributed by atoms with van der Waals surface area (Å²) in [4.78, 5) is 17.4. The van der Waals surface area contributed by atoms with Crippen molar-refractivity contribution in [1.82, 2.24) is 9.88 Å². The summed E-state index contributed by atoms with van der Waals surface area (Å²) in [6.45, 7) is 5.55. The van der Waals surface area contributed by atoms with Crippen molar-refractivity contribution in [1.29, 1.82) is 0 Å². The number of hydrogen-bond acceptors (Lipinski definition) is 2. The van der Waals surface area contributed by atoms with Crippen LogP contribution in [-0.4, -0.2) is 34.9 Å². The molecule has 0 aliphatic heterocycles. The summed E-state index contributed by atoms with van der Waals surface area (Å²) < 4.78 is 0. The lowest BCUT2D eigenvalue weighted by atomic mass is 10.0. The van der Waals surface area contributed by atoms with Crippen molar-refractivity contribution in [3.05, 3.63) is 36.0 Å². The first-order chi connectivity index (χ1) is 9.67. The van der Waals surface area contributed by atoms with Crippen molar-refractivity contribution in [2.45, 2.75) is 32.7 Å². The third-order valence-corrected chi connectivity index (χ3v) is 3.62. The molecule has 0 aliphatic rings. The predicted molar refractivity (Wildman–Crippen MR) is 89.8 cm³/mol. The average Bonchev–Trinajstić information content (AvgIpc) is 2.87. The van der Waals surface area contributed by atoms with Crippen molar-refractivity contribution in [3.63, 3.8) is 0 Å². The number of hydrogen-bond donors (Lipinski definition) is 2. The van der Waals surface area contributed by atoms with Crippen LogP contribution in [0.1, 0.15) is 25.8 Å². The smallest absolute Gasteiger partial charge is 0.239 e. The van der Waals surface area contributed by atoms with E-state index in [4.69, 9.17) is 5.73 Å². The summed E-state index contributed by atoms with van der Waals surface area (Å²) in [7, 11) is 0. The van der Waals surface area contributed by atoms with E-state index in [1.807, 2.05) is 36.2 Å². The lowest BCUT2D eigenvalue weighted by Crippen LogP contribution is -2.45. The minimum atomic E-state index is -0.472. The molecule has 0 radical (unpaired) electrons. The molecule has 0 spiro atoms. The quantitative estimate of drug-likeness (QED) is 0.862. The molecule has 0 bridgehead atoms. The first-order valence-electron chi connectivity index (χ1n) is 7.26. The number of likely N-dealkylation sites (N-methyl/N-ethyl adjacent to an activating group) is 1. The summed E-state index contributed by atoms with van der Waals surface area (Å²) >= 11 is 0. The Labute approximate surface area is 132 Å². The van der Waals surface area contributed by atoms with Gasteiger partial charge in [-0.15, -0.1) is 12.4 Å². The van der Waals surface area contributed by atoms with Gasteiger partial charge in [0.05, 0.1) is 6.04 Å². The molecule has 0 aliphatic carbocycles. The van der Waals surface area contributed by atoms with Gasteiger partial charge < -0.3 is 15.6 Å². The van der Waals surface area contributed by atoms with Gasteiger partial charge in [-0.2, -0.15) is 0 Å². The Hall–Kier alpha value is -1.52. The van der Waals surface area contributed by atoms with Gasteiger partial charge in [0.2, 0.25) is 5.91 Å². The number of halogens is 1. The molecule has 1 amide bonds. The maximum Gasteiger partial charge on any atom is 0.239 e. The van der Waals surface area contributed by atoms with E-state index < -0.39 is 6.04 Å². The van der Waals surface area contributed by atoms with Gasteiger partial charge in [0.25, 0.3) is 0 Å². The van der Waals surface area contributed by atoms with E-state index in [1.165, 1.54) is 0 Å². The summed E-state index contributed by atoms with van der Waals surface area (Å²) in [5.74, 6) is 0.0413. The third-order valence-electron chi connectivity index (χ3n) is 3.62. The molecule has 1 heterocycles. The highest BCUT2D eigenvalue weighted by molar-refractivity contribution is 5.86. The SMILES string of the molecule is CCCN(CC)C(=O)[C@@H](N)Cc1c[nH]c2ccccc12.Cl. The summed E-state index contributed by atoms with van der Waals surface area (Å²) in [6.07, 6.45) is 3.48. The fourth-order valence-corrected chi connectivity index (χ4v) is 2.55. The number of H-pyrrole nitrogens is 1. The highest BCUT2D eigenvalue weighted by Crippen LogP contribution is 2.19. The van der Waals surface area contributed by atoms with Crippen LogP contribution in [0.15, 0.2) is 30.5 Å². The molecule has 21 heavy (non-hydrogen) atoms. The molecule has 1 aromatic carbocycles. The van der Waals surface area contributed by atoms with Gasteiger partial charge in [-0.05, 0) is 31.4 Å². The monoisotopic (exact) mass is 309 g/mol. The maximum atomic E-state index is 12.3. The molecule has 4 nitrogen and oxygen atoms in total. The molecule has 3 N–H and O–H groups in total. The Kier molecular flexibility index (Phi) is 6.72. The molecule has 2 rings (SSSR count). The molecule has 5 heteroatoms. The molecular formula is C16H24ClN3O. The zero-order valence-corrected chi connectivity index (χ0v) is 13.5. The average molecular weight is 310 g/mol. The van der Waals surface area contributed by atoms with Crippen LogP contribution in [0.25, 0.3) is 10.9 Å². The van der Waals surface area contributed by atoms with Gasteiger partial charge in [-0.25, -0.2) is 0 Å². The number of aromatic amines is 1. The first kappa shape index (κ1) is 17.5. The Bertz CT molecular complexity index is 582. The topological polar surface area (TPSA) is 62.1 Å². The first-order valence-corrected chi connectivity index (χ1v) is 7.26. The molecule has 0 saturated carbocycles. The number of aromatic nitrogens is 1. The standard InChI is InChI=1S/C16H23N3O.ClH/c1-3-9-19(4-2)16(20)14(17)10-12-11-18-15-8-6-5-7-13(12)15;/h5-8,11,14,18H,3-4,9-10,17H2,1-2H3;1H/t14-;/m0./s1. The zero-order valence-electron chi connectivity index (χ0n) is 12.6. The number of nitrogens with one attached hydrogen (secondary N) is 1. The zero-order chi connectivity index (χ0) is 14.5. The molecule has 0 fully saturated rings. The Balaban J connectivity index is 0.00000220. The summed E-state index contributed by atoms with van der Waals surface area (Å²) in [5, 5.41) is 1.15. The Morgan fingerprint density at radius 3 is 2.71 bits per heavy atom. The van der Waals surface area contributed by atoms with E-state index in [9.17, 15) is 4.79 Å². The van der Waals surface area contributed by atoms with Gasteiger partial charge >= 0.3 is 0 Å². The highest BCUT2D eigenvalue weighted by atomic mass is 35.5. The van der Waals surface area contributed by atoms with E-state index in [2.05, 4.69) is 18.0 Å². The highest BCUT2D eigenvalue weighted by Gasteiger charge is 2.20. The lowest BCUT2D eigenvalue weighted by molar-refractivity contribution is -0.132. The van der Waals surface area contributed by atoms with Crippen molar-refractivity contribution < 1.29 is 4.79 Å². The molecule has 116 valence electrons. The largest absolute Gasteiger partial charge is 0.361 e. The van der Waals surface area contributed by atoms with Crippen LogP contribution >= 0.6 is 12.4 Å². The van der Waals surface area contributed by atoms with Crippen molar-refractivity contribution >= 4 is 29.2 Å². The van der Waals surface area contributed by atoms with Crippen LogP contribution in [0.2, 0.25) is 0 Å². The number of carbonyl (C=O) groups excluding carboxylic acids is 1. The van der Waals surface area contributed by atoms with Crippen LogP contribution in [0.4, 0.5) is 0 Å². The van der Waals surface area contributed by atoms with E-state index in [0.29, 0.717) is 13.0 Å². The second kappa shape index (κ2) is 8.05. The normalized spacial score (nSPS) is 12.0. The van der Waals surface area contributed by atoms with Gasteiger partial charge in [0, 0.05) is 30.2 Å². The van der Waals surface area contributed by atoms with Crippen LogP contribution in [0.3, 0.4) is 0 Å². The molecule has 1 atom stereocenters. The summed E-state index contributed by atoms with van der Waals surface area (Å²) in [5.41, 5.74) is 8.29. The van der Waals surface area contributed by atoms with E-state index >= 15 is 0 Å². The number of benzene rings is 1. The Morgan fingerprint density at radius 2 is 2.05 bits per heavy atom. The fourth-order valence-electron chi connectivity index (χ4n) is 2.55. The van der Waals surface area contributed by atoms with E-state index in [0.717, 1.165) is 29.4 Å².